The number of aliphatic hydroxyl groups is 2. The van der Waals surface area contributed by atoms with Crippen LogP contribution in [0.4, 0.5) is 0 Å². The van der Waals surface area contributed by atoms with Gasteiger partial charge in [-0.2, -0.15) is 0 Å². The van der Waals surface area contributed by atoms with Crippen LogP contribution >= 0.6 is 0 Å². The van der Waals surface area contributed by atoms with Crippen LogP contribution in [-0.2, 0) is 41.6 Å². The predicted octanol–water partition coefficient (Wildman–Crippen LogP) is 2.89. The van der Waals surface area contributed by atoms with E-state index < -0.39 is 11.8 Å². The van der Waals surface area contributed by atoms with Crippen molar-refractivity contribution in [2.45, 2.75) is 76.8 Å². The van der Waals surface area contributed by atoms with Gasteiger partial charge in [-0.1, -0.05) is 24.3 Å². The second-order valence-electron chi connectivity index (χ2n) is 16.6. The molecular formula is C44H60N4O10. The van der Waals surface area contributed by atoms with Gasteiger partial charge < -0.3 is 38.3 Å². The van der Waals surface area contributed by atoms with Gasteiger partial charge in [0, 0.05) is 112 Å². The van der Waals surface area contributed by atoms with Crippen molar-refractivity contribution in [1.29, 1.82) is 0 Å². The molecule has 0 spiro atoms. The Morgan fingerprint density at radius 2 is 1.05 bits per heavy atom. The lowest BCUT2D eigenvalue weighted by atomic mass is 9.87. The molecule has 6 aliphatic heterocycles. The first-order valence-corrected chi connectivity index (χ1v) is 21.0. The van der Waals surface area contributed by atoms with Crippen LogP contribution in [0.25, 0.3) is 12.2 Å². The van der Waals surface area contributed by atoms with Crippen LogP contribution < -0.4 is 11.1 Å². The minimum atomic E-state index is -0.476. The van der Waals surface area contributed by atoms with Crippen LogP contribution in [0.1, 0.15) is 74.1 Å². The number of fused-ring (bicyclic) bond motifs is 8. The summed E-state index contributed by atoms with van der Waals surface area (Å²) in [6.45, 7) is 9.28. The Balaban J connectivity index is 0.000000177. The number of rotatable bonds is 10. The topological polar surface area (TPSA) is 162 Å². The number of aliphatic hydroxyl groups excluding tert-OH is 2. The lowest BCUT2D eigenvalue weighted by Crippen LogP contribution is -2.48. The molecule has 14 nitrogen and oxygen atoms in total. The second kappa shape index (κ2) is 18.6. The number of aromatic nitrogens is 2. The van der Waals surface area contributed by atoms with Crippen LogP contribution in [0.5, 0.6) is 0 Å². The van der Waals surface area contributed by atoms with E-state index >= 15 is 0 Å². The Labute approximate surface area is 340 Å². The summed E-state index contributed by atoms with van der Waals surface area (Å²) in [6.07, 6.45) is 11.3. The fourth-order valence-electron chi connectivity index (χ4n) is 10.9. The van der Waals surface area contributed by atoms with Crippen molar-refractivity contribution >= 4 is 24.1 Å². The molecule has 14 heteroatoms. The minimum Gasteiger partial charge on any atom is -0.469 e. The summed E-state index contributed by atoms with van der Waals surface area (Å²) < 4.78 is 24.9. The monoisotopic (exact) mass is 804 g/mol. The van der Waals surface area contributed by atoms with Crippen molar-refractivity contribution in [3.63, 3.8) is 0 Å². The van der Waals surface area contributed by atoms with Crippen molar-refractivity contribution in [1.82, 2.24) is 18.9 Å². The van der Waals surface area contributed by atoms with Crippen LogP contribution in [0.15, 0.2) is 46.0 Å². The first kappa shape index (κ1) is 42.2. The van der Waals surface area contributed by atoms with E-state index in [1.807, 2.05) is 62.4 Å². The summed E-state index contributed by atoms with van der Waals surface area (Å²) in [5.41, 5.74) is 2.90. The zero-order chi connectivity index (χ0) is 41.1. The molecule has 0 unspecified atom stereocenters. The number of hydrogen-bond acceptors (Lipinski definition) is 12. The summed E-state index contributed by atoms with van der Waals surface area (Å²) in [6, 6.07) is 6.95. The molecule has 2 N–H and O–H groups in total. The molecule has 8 atom stereocenters. The van der Waals surface area contributed by atoms with Crippen molar-refractivity contribution < 1.29 is 38.7 Å². The van der Waals surface area contributed by atoms with E-state index in [0.717, 1.165) is 76.6 Å². The van der Waals surface area contributed by atoms with Crippen molar-refractivity contribution in [3.8, 4) is 0 Å². The summed E-state index contributed by atoms with van der Waals surface area (Å²) in [5, 5.41) is 20.4. The Morgan fingerprint density at radius 3 is 1.38 bits per heavy atom. The van der Waals surface area contributed by atoms with E-state index in [-0.39, 0.29) is 72.3 Å². The van der Waals surface area contributed by atoms with Crippen LogP contribution in [-0.4, -0.2) is 120 Å². The van der Waals surface area contributed by atoms with E-state index in [0.29, 0.717) is 36.1 Å². The quantitative estimate of drug-likeness (QED) is 0.339. The van der Waals surface area contributed by atoms with Gasteiger partial charge >= 0.3 is 11.9 Å². The molecule has 4 fully saturated rings. The van der Waals surface area contributed by atoms with Gasteiger partial charge in [-0.3, -0.25) is 29.0 Å². The Morgan fingerprint density at radius 1 is 0.672 bits per heavy atom. The van der Waals surface area contributed by atoms with Gasteiger partial charge in [-0.05, 0) is 75.6 Å². The van der Waals surface area contributed by atoms with Gasteiger partial charge in [0.2, 0.25) is 0 Å². The standard InChI is InChI=1S/2C22H30N2O5/c2*1-3-4-15-5-6-17-20-19(22(27)28-2)16(13-25)18(12-24(17)21(15)26)23(20)11-14-7-9-29-10-8-14/h2*3-6,14,16,18-20,25H,7-13H2,1-2H3/b4-3+;4-3-/t2*16-,18-,19+,20+/m00/s1. The maximum atomic E-state index is 13.1. The molecule has 0 aliphatic carbocycles. The highest BCUT2D eigenvalue weighted by Crippen LogP contribution is 2.50. The number of nitrogens with zero attached hydrogens (tertiary/aromatic N) is 4. The van der Waals surface area contributed by atoms with E-state index in [2.05, 4.69) is 9.80 Å². The third kappa shape index (κ3) is 7.79. The lowest BCUT2D eigenvalue weighted by molar-refractivity contribution is -0.149. The number of carbonyl (C=O) groups excluding carboxylic acids is 2. The molecule has 4 bridgehead atoms. The molecule has 6 aliphatic rings. The molecular weight excluding hydrogens is 745 g/mol. The third-order valence-electron chi connectivity index (χ3n) is 13.7. The van der Waals surface area contributed by atoms with E-state index in [4.69, 9.17) is 18.9 Å². The largest absolute Gasteiger partial charge is 0.469 e. The SMILES string of the molecule is C/C=C/c1ccc2n(c1=O)C[C@H]1[C@H](CO)[C@@H](C(=O)OC)[C@@H]2N1CC1CCOCC1.C/C=C\c1ccc2n(c1=O)C[C@H]1[C@H](CO)[C@@H](C(=O)OC)[C@@H]2N1CC1CCOCC1. The zero-order valence-corrected chi connectivity index (χ0v) is 34.2. The summed E-state index contributed by atoms with van der Waals surface area (Å²) in [5.74, 6) is -1.10. The van der Waals surface area contributed by atoms with Crippen LogP contribution in [0, 0.1) is 35.5 Å². The zero-order valence-electron chi connectivity index (χ0n) is 34.2. The summed E-state index contributed by atoms with van der Waals surface area (Å²) >= 11 is 0. The Kier molecular flexibility index (Phi) is 13.5. The minimum absolute atomic E-state index is 0.0384. The van der Waals surface area contributed by atoms with Crippen molar-refractivity contribution in [3.05, 3.63) is 79.6 Å². The number of allylic oxidation sites excluding steroid dienone is 2. The number of esters is 2. The average Bonchev–Trinajstić information content (AvgIpc) is 3.58. The Hall–Kier alpha value is -3.92. The maximum Gasteiger partial charge on any atom is 0.311 e. The summed E-state index contributed by atoms with van der Waals surface area (Å²) in [7, 11) is 2.79. The molecule has 8 heterocycles. The van der Waals surface area contributed by atoms with Crippen molar-refractivity contribution in [2.24, 2.45) is 35.5 Å². The highest BCUT2D eigenvalue weighted by atomic mass is 16.5. The predicted molar refractivity (Wildman–Crippen MR) is 217 cm³/mol. The molecule has 58 heavy (non-hydrogen) atoms. The highest BCUT2D eigenvalue weighted by molar-refractivity contribution is 5.75. The van der Waals surface area contributed by atoms with Gasteiger partial charge in [0.1, 0.15) is 0 Å². The summed E-state index contributed by atoms with van der Waals surface area (Å²) in [4.78, 5) is 56.3. The molecule has 4 saturated heterocycles. The second-order valence-corrected chi connectivity index (χ2v) is 16.6. The normalized spacial score (nSPS) is 29.9. The first-order chi connectivity index (χ1) is 28.2. The van der Waals surface area contributed by atoms with E-state index in [1.54, 1.807) is 9.13 Å². The molecule has 2 aromatic heterocycles. The van der Waals surface area contributed by atoms with Gasteiger partial charge in [0.15, 0.2) is 0 Å². The van der Waals surface area contributed by atoms with Gasteiger partial charge in [0.05, 0.1) is 38.1 Å². The Bertz CT molecular complexity index is 1820. The number of pyridine rings is 2. The highest BCUT2D eigenvalue weighted by Gasteiger charge is 2.58. The fourth-order valence-corrected chi connectivity index (χ4v) is 10.9. The van der Waals surface area contributed by atoms with Crippen LogP contribution in [0.3, 0.4) is 0 Å². The van der Waals surface area contributed by atoms with Crippen LogP contribution in [0.2, 0.25) is 0 Å². The molecule has 8 rings (SSSR count). The fraction of sp³-hybridized carbons (Fsp3) is 0.636. The van der Waals surface area contributed by atoms with E-state index in [1.165, 1.54) is 14.2 Å². The molecule has 2 aromatic rings. The molecule has 0 aromatic carbocycles. The number of methoxy groups -OCH3 is 2. The average molecular weight is 805 g/mol. The van der Waals surface area contributed by atoms with Gasteiger partial charge in [0.25, 0.3) is 11.1 Å². The molecule has 0 saturated carbocycles. The van der Waals surface area contributed by atoms with Gasteiger partial charge in [-0.25, -0.2) is 0 Å². The first-order valence-electron chi connectivity index (χ1n) is 21.0. The van der Waals surface area contributed by atoms with Crippen molar-refractivity contribution in [2.75, 3.05) is 67.0 Å². The number of hydrogen-bond donors (Lipinski definition) is 2. The number of ether oxygens (including phenoxy) is 4. The van der Waals surface area contributed by atoms with Gasteiger partial charge in [-0.15, -0.1) is 0 Å². The molecule has 0 amide bonds. The number of carbonyl (C=O) groups is 2. The van der Waals surface area contributed by atoms with E-state index in [9.17, 15) is 29.4 Å². The third-order valence-corrected chi connectivity index (χ3v) is 13.7. The maximum absolute atomic E-state index is 13.1. The molecule has 0 radical (unpaired) electrons. The lowest BCUT2D eigenvalue weighted by Gasteiger charge is -2.40. The smallest absolute Gasteiger partial charge is 0.311 e. The molecule has 316 valence electrons.